The molecular formula is C19H27F3OSi. The number of benzene rings is 1. The normalized spacial score (nSPS) is 15.4. The van der Waals surface area contributed by atoms with Crippen molar-refractivity contribution in [2.45, 2.75) is 69.9 Å². The van der Waals surface area contributed by atoms with Gasteiger partial charge in [-0.15, -0.1) is 5.54 Å². The van der Waals surface area contributed by atoms with Crippen molar-refractivity contribution in [3.63, 3.8) is 0 Å². The third-order valence-electron chi connectivity index (χ3n) is 4.93. The van der Waals surface area contributed by atoms with Crippen molar-refractivity contribution in [3.8, 4) is 11.5 Å². The fraction of sp³-hybridized carbons (Fsp3) is 0.579. The molecule has 134 valence electrons. The molecule has 0 bridgehead atoms. The maximum absolute atomic E-state index is 13.6. The molecule has 0 spiro atoms. The first kappa shape index (κ1) is 20.8. The highest BCUT2D eigenvalue weighted by Gasteiger charge is 2.55. The molecular weight excluding hydrogens is 329 g/mol. The van der Waals surface area contributed by atoms with Crippen molar-refractivity contribution in [2.75, 3.05) is 0 Å². The van der Waals surface area contributed by atoms with Gasteiger partial charge in [-0.1, -0.05) is 77.8 Å². The van der Waals surface area contributed by atoms with Crippen LogP contribution in [0.15, 0.2) is 30.3 Å². The van der Waals surface area contributed by atoms with E-state index in [0.29, 0.717) is 0 Å². The second-order valence-corrected chi connectivity index (χ2v) is 12.8. The molecule has 1 atom stereocenters. The highest BCUT2D eigenvalue weighted by atomic mass is 28.3. The van der Waals surface area contributed by atoms with Gasteiger partial charge in [0.05, 0.1) is 0 Å². The van der Waals surface area contributed by atoms with Crippen LogP contribution in [0.3, 0.4) is 0 Å². The van der Waals surface area contributed by atoms with Gasteiger partial charge in [-0.05, 0) is 16.6 Å². The lowest BCUT2D eigenvalue weighted by atomic mass is 9.94. The van der Waals surface area contributed by atoms with Crippen LogP contribution in [0.2, 0.25) is 16.6 Å². The van der Waals surface area contributed by atoms with Crippen LogP contribution in [-0.4, -0.2) is 19.4 Å². The highest BCUT2D eigenvalue weighted by Crippen LogP contribution is 2.43. The molecule has 0 heterocycles. The van der Waals surface area contributed by atoms with E-state index in [1.54, 1.807) is 6.07 Å². The zero-order valence-electron chi connectivity index (χ0n) is 15.2. The van der Waals surface area contributed by atoms with E-state index in [1.165, 1.54) is 24.3 Å². The SMILES string of the molecule is CC(C)[Si](C#CC(O)(c1ccccc1)C(F)(F)F)(C(C)C)C(C)C. The van der Waals surface area contributed by atoms with Gasteiger partial charge in [0.1, 0.15) is 8.07 Å². The first-order valence-electron chi connectivity index (χ1n) is 8.28. The molecule has 0 amide bonds. The van der Waals surface area contributed by atoms with E-state index in [2.05, 4.69) is 11.5 Å². The molecule has 0 aliphatic carbocycles. The second kappa shape index (κ2) is 7.33. The zero-order chi connectivity index (χ0) is 18.8. The molecule has 0 aliphatic rings. The molecule has 0 aliphatic heterocycles. The Morgan fingerprint density at radius 3 is 1.62 bits per heavy atom. The summed E-state index contributed by atoms with van der Waals surface area (Å²) in [4.78, 5) is 0. The predicted octanol–water partition coefficient (Wildman–Crippen LogP) is 5.66. The molecule has 1 aromatic rings. The number of halogens is 3. The molecule has 0 saturated carbocycles. The van der Waals surface area contributed by atoms with Gasteiger partial charge in [0.2, 0.25) is 5.60 Å². The van der Waals surface area contributed by atoms with E-state index < -0.39 is 19.9 Å². The molecule has 0 fully saturated rings. The van der Waals surface area contributed by atoms with Crippen molar-refractivity contribution in [1.82, 2.24) is 0 Å². The van der Waals surface area contributed by atoms with Crippen LogP contribution >= 0.6 is 0 Å². The van der Waals surface area contributed by atoms with Gasteiger partial charge in [0.15, 0.2) is 0 Å². The lowest BCUT2D eigenvalue weighted by Crippen LogP contribution is -2.46. The summed E-state index contributed by atoms with van der Waals surface area (Å²) in [6.45, 7) is 12.1. The smallest absolute Gasteiger partial charge is 0.366 e. The molecule has 0 aromatic heterocycles. The Kier molecular flexibility index (Phi) is 6.35. The minimum atomic E-state index is -4.85. The van der Waals surface area contributed by atoms with Crippen molar-refractivity contribution in [3.05, 3.63) is 35.9 Å². The quantitative estimate of drug-likeness (QED) is 0.545. The molecule has 1 rings (SSSR count). The van der Waals surface area contributed by atoms with Crippen LogP contribution in [-0.2, 0) is 5.60 Å². The Morgan fingerprint density at radius 1 is 0.875 bits per heavy atom. The second-order valence-electron chi connectivity index (χ2n) is 7.22. The third-order valence-corrected chi connectivity index (χ3v) is 11.2. The Balaban J connectivity index is 3.59. The van der Waals surface area contributed by atoms with E-state index in [0.717, 1.165) is 0 Å². The molecule has 1 N–H and O–H groups in total. The highest BCUT2D eigenvalue weighted by molar-refractivity contribution is 6.90. The summed E-state index contributed by atoms with van der Waals surface area (Å²) >= 11 is 0. The molecule has 0 radical (unpaired) electrons. The van der Waals surface area contributed by atoms with E-state index in [-0.39, 0.29) is 22.2 Å². The fourth-order valence-corrected chi connectivity index (χ4v) is 8.88. The van der Waals surface area contributed by atoms with Crippen LogP contribution in [0.4, 0.5) is 13.2 Å². The van der Waals surface area contributed by atoms with Crippen molar-refractivity contribution >= 4 is 8.07 Å². The summed E-state index contributed by atoms with van der Waals surface area (Å²) in [6.07, 6.45) is -4.85. The molecule has 1 nitrogen and oxygen atoms in total. The van der Waals surface area contributed by atoms with Gasteiger partial charge in [0, 0.05) is 5.56 Å². The van der Waals surface area contributed by atoms with Crippen molar-refractivity contribution in [2.24, 2.45) is 0 Å². The van der Waals surface area contributed by atoms with E-state index in [1.807, 2.05) is 41.5 Å². The molecule has 5 heteroatoms. The predicted molar refractivity (Wildman–Crippen MR) is 95.2 cm³/mol. The van der Waals surface area contributed by atoms with Crippen molar-refractivity contribution in [1.29, 1.82) is 0 Å². The summed E-state index contributed by atoms with van der Waals surface area (Å²) in [6, 6.07) is 7.11. The average molecular weight is 357 g/mol. The van der Waals surface area contributed by atoms with Gasteiger partial charge >= 0.3 is 6.18 Å². The Bertz CT molecular complexity index is 575. The van der Waals surface area contributed by atoms with Gasteiger partial charge in [0.25, 0.3) is 0 Å². The molecule has 24 heavy (non-hydrogen) atoms. The van der Waals surface area contributed by atoms with E-state index in [9.17, 15) is 18.3 Å². The Labute approximate surface area is 144 Å². The Morgan fingerprint density at radius 2 is 1.29 bits per heavy atom. The topological polar surface area (TPSA) is 20.2 Å². The zero-order valence-corrected chi connectivity index (χ0v) is 16.2. The first-order chi connectivity index (χ1) is 10.9. The molecule has 0 saturated heterocycles. The number of aliphatic hydroxyl groups is 1. The summed E-state index contributed by atoms with van der Waals surface area (Å²) in [5.41, 5.74) is 0.209. The largest absolute Gasteiger partial charge is 0.433 e. The third kappa shape index (κ3) is 3.70. The minimum Gasteiger partial charge on any atom is -0.366 e. The van der Waals surface area contributed by atoms with Crippen LogP contribution in [0.1, 0.15) is 47.1 Å². The van der Waals surface area contributed by atoms with Crippen LogP contribution in [0, 0.1) is 11.5 Å². The number of alkyl halides is 3. The molecule has 1 aromatic carbocycles. The monoisotopic (exact) mass is 356 g/mol. The molecule has 1 unspecified atom stereocenters. The van der Waals surface area contributed by atoms with Crippen molar-refractivity contribution < 1.29 is 18.3 Å². The Hall–Kier alpha value is -1.25. The van der Waals surface area contributed by atoms with Gasteiger partial charge in [-0.2, -0.15) is 13.2 Å². The maximum Gasteiger partial charge on any atom is 0.433 e. The van der Waals surface area contributed by atoms with Gasteiger partial charge in [-0.3, -0.25) is 0 Å². The number of rotatable bonds is 4. The van der Waals surface area contributed by atoms with Crippen LogP contribution in [0.5, 0.6) is 0 Å². The van der Waals surface area contributed by atoms with Gasteiger partial charge < -0.3 is 5.11 Å². The van der Waals surface area contributed by atoms with Crippen LogP contribution < -0.4 is 0 Å². The standard InChI is InChI=1S/C19H27F3OSi/c1-14(2)24(15(3)4,16(5)6)13-12-18(23,19(20,21)22)17-10-8-7-9-11-17/h7-11,14-16,23H,1-6H3. The average Bonchev–Trinajstić information content (AvgIpc) is 2.46. The van der Waals surface area contributed by atoms with Crippen LogP contribution in [0.25, 0.3) is 0 Å². The summed E-state index contributed by atoms with van der Waals surface area (Å²) < 4.78 is 40.9. The number of hydrogen-bond acceptors (Lipinski definition) is 1. The summed E-state index contributed by atoms with van der Waals surface area (Å²) in [5, 5.41) is 10.5. The summed E-state index contributed by atoms with van der Waals surface area (Å²) in [5.74, 6) is 2.28. The fourth-order valence-electron chi connectivity index (χ4n) is 3.62. The number of hydrogen-bond donors (Lipinski definition) is 1. The van der Waals surface area contributed by atoms with E-state index in [4.69, 9.17) is 0 Å². The minimum absolute atomic E-state index is 0.193. The first-order valence-corrected chi connectivity index (χ1v) is 10.5. The van der Waals surface area contributed by atoms with E-state index >= 15 is 0 Å². The lowest BCUT2D eigenvalue weighted by molar-refractivity contribution is -0.240. The maximum atomic E-state index is 13.6. The van der Waals surface area contributed by atoms with Gasteiger partial charge in [-0.25, -0.2) is 0 Å². The lowest BCUT2D eigenvalue weighted by Gasteiger charge is -2.38. The summed E-state index contributed by atoms with van der Waals surface area (Å²) in [7, 11) is -2.37.